The van der Waals surface area contributed by atoms with Gasteiger partial charge in [0.05, 0.1) is 0 Å². The van der Waals surface area contributed by atoms with Gasteiger partial charge in [0.2, 0.25) is 0 Å². The first kappa shape index (κ1) is 17.4. The molecule has 1 aliphatic heterocycles. The van der Waals surface area contributed by atoms with Gasteiger partial charge in [0.15, 0.2) is 5.03 Å². The molecule has 2 aliphatic rings. The van der Waals surface area contributed by atoms with Crippen LogP contribution in [0.5, 0.6) is 0 Å². The Morgan fingerprint density at radius 1 is 1.33 bits per heavy atom. The predicted octanol–water partition coefficient (Wildman–Crippen LogP) is 1.95. The van der Waals surface area contributed by atoms with Gasteiger partial charge in [-0.1, -0.05) is 26.7 Å². The summed E-state index contributed by atoms with van der Waals surface area (Å²) in [4.78, 5) is 16.0. The maximum atomic E-state index is 13.2. The molecule has 2 heterocycles. The quantitative estimate of drug-likeness (QED) is 0.891. The van der Waals surface area contributed by atoms with Gasteiger partial charge in [-0.25, -0.2) is 13.4 Å². The Labute approximate surface area is 142 Å². The molecule has 0 radical (unpaired) electrons. The van der Waals surface area contributed by atoms with E-state index in [0.29, 0.717) is 12.2 Å². The average Bonchev–Trinajstić information content (AvgIpc) is 3.08. The number of fused-ring (bicyclic) bond motifs is 1. The summed E-state index contributed by atoms with van der Waals surface area (Å²) in [6.07, 6.45) is 5.53. The lowest BCUT2D eigenvalue weighted by Crippen LogP contribution is -2.46. The van der Waals surface area contributed by atoms with Crippen LogP contribution in [0, 0.1) is 5.92 Å². The minimum atomic E-state index is -3.92. The molecule has 2 fully saturated rings. The van der Waals surface area contributed by atoms with Crippen molar-refractivity contribution in [3.8, 4) is 0 Å². The van der Waals surface area contributed by atoms with Gasteiger partial charge in [-0.2, -0.15) is 4.31 Å². The molecular formula is C16H25N3O4S. The molecule has 1 aromatic heterocycles. The molecule has 1 aliphatic carbocycles. The van der Waals surface area contributed by atoms with Crippen LogP contribution in [-0.2, 0) is 21.9 Å². The number of imidazole rings is 1. The average molecular weight is 355 g/mol. The van der Waals surface area contributed by atoms with E-state index >= 15 is 0 Å². The number of aliphatic carboxylic acids is 1. The van der Waals surface area contributed by atoms with Crippen molar-refractivity contribution < 1.29 is 18.3 Å². The highest BCUT2D eigenvalue weighted by molar-refractivity contribution is 7.89. The van der Waals surface area contributed by atoms with E-state index in [0.717, 1.165) is 25.7 Å². The largest absolute Gasteiger partial charge is 0.480 e. The van der Waals surface area contributed by atoms with E-state index in [1.54, 1.807) is 11.6 Å². The highest BCUT2D eigenvalue weighted by Gasteiger charge is 2.51. The van der Waals surface area contributed by atoms with E-state index < -0.39 is 22.0 Å². The zero-order valence-corrected chi connectivity index (χ0v) is 15.2. The maximum Gasteiger partial charge on any atom is 0.322 e. The summed E-state index contributed by atoms with van der Waals surface area (Å²) >= 11 is 0. The smallest absolute Gasteiger partial charge is 0.322 e. The fraction of sp³-hybridized carbons (Fsp3) is 0.750. The number of aromatic nitrogens is 2. The second kappa shape index (κ2) is 6.15. The Kier molecular flexibility index (Phi) is 4.46. The van der Waals surface area contributed by atoms with Crippen LogP contribution in [0.4, 0.5) is 0 Å². The lowest BCUT2D eigenvalue weighted by Gasteiger charge is -2.31. The number of hydrogen-bond donors (Lipinski definition) is 1. The van der Waals surface area contributed by atoms with Crippen molar-refractivity contribution in [2.24, 2.45) is 13.0 Å². The molecule has 3 rings (SSSR count). The minimum Gasteiger partial charge on any atom is -0.480 e. The van der Waals surface area contributed by atoms with Crippen LogP contribution in [0.25, 0.3) is 0 Å². The SMILES string of the molecule is CC(C)c1nc(S(=O)(=O)N2C(C(=O)O)CC3CCCCC32)cn1C. The summed E-state index contributed by atoms with van der Waals surface area (Å²) < 4.78 is 29.3. The van der Waals surface area contributed by atoms with Crippen molar-refractivity contribution in [2.45, 2.75) is 69.0 Å². The lowest BCUT2D eigenvalue weighted by atomic mass is 9.85. The first-order chi connectivity index (χ1) is 11.2. The van der Waals surface area contributed by atoms with Crippen molar-refractivity contribution in [2.75, 3.05) is 0 Å². The third-order valence-corrected chi connectivity index (χ3v) is 7.07. The fourth-order valence-corrected chi connectivity index (χ4v) is 6.06. The van der Waals surface area contributed by atoms with Gasteiger partial charge in [0.1, 0.15) is 11.9 Å². The second-order valence-electron chi connectivity index (χ2n) is 7.24. The second-order valence-corrected chi connectivity index (χ2v) is 9.03. The van der Waals surface area contributed by atoms with Crippen molar-refractivity contribution in [1.82, 2.24) is 13.9 Å². The van der Waals surface area contributed by atoms with Gasteiger partial charge < -0.3 is 9.67 Å². The molecule has 1 N–H and O–H groups in total. The van der Waals surface area contributed by atoms with Crippen molar-refractivity contribution in [3.05, 3.63) is 12.0 Å². The molecule has 0 spiro atoms. The molecule has 1 saturated carbocycles. The van der Waals surface area contributed by atoms with Crippen LogP contribution in [-0.4, -0.2) is 45.4 Å². The van der Waals surface area contributed by atoms with E-state index in [4.69, 9.17) is 0 Å². The van der Waals surface area contributed by atoms with E-state index in [-0.39, 0.29) is 22.9 Å². The molecule has 7 nitrogen and oxygen atoms in total. The molecule has 0 amide bonds. The van der Waals surface area contributed by atoms with Crippen LogP contribution < -0.4 is 0 Å². The number of nitrogens with zero attached hydrogens (tertiary/aromatic N) is 3. The van der Waals surface area contributed by atoms with Gasteiger partial charge >= 0.3 is 5.97 Å². The van der Waals surface area contributed by atoms with Crippen LogP contribution in [0.1, 0.15) is 57.7 Å². The first-order valence-corrected chi connectivity index (χ1v) is 9.97. The van der Waals surface area contributed by atoms with Crippen LogP contribution in [0.15, 0.2) is 11.2 Å². The number of carbonyl (C=O) groups is 1. The number of sulfonamides is 1. The molecule has 3 unspecified atom stereocenters. The third-order valence-electron chi connectivity index (χ3n) is 5.26. The summed E-state index contributed by atoms with van der Waals surface area (Å²) in [5, 5.41) is 9.52. The van der Waals surface area contributed by atoms with E-state index in [9.17, 15) is 18.3 Å². The maximum absolute atomic E-state index is 13.2. The Bertz CT molecular complexity index is 741. The Morgan fingerprint density at radius 3 is 2.58 bits per heavy atom. The van der Waals surface area contributed by atoms with Crippen LogP contribution >= 0.6 is 0 Å². The highest BCUT2D eigenvalue weighted by Crippen LogP contribution is 2.42. The van der Waals surface area contributed by atoms with Crippen molar-refractivity contribution >= 4 is 16.0 Å². The standard InChI is InChI=1S/C16H25N3O4S/c1-10(2)15-17-14(9-18(15)3)24(22,23)19-12-7-5-4-6-11(12)8-13(19)16(20)21/h9-13H,4-8H2,1-3H3,(H,20,21). The zero-order chi connectivity index (χ0) is 17.6. The molecule has 134 valence electrons. The Balaban J connectivity index is 2.03. The Hall–Kier alpha value is -1.41. The van der Waals surface area contributed by atoms with Crippen LogP contribution in [0.3, 0.4) is 0 Å². The fourth-order valence-electron chi connectivity index (χ4n) is 4.20. The van der Waals surface area contributed by atoms with Gasteiger partial charge in [-0.05, 0) is 25.2 Å². The van der Waals surface area contributed by atoms with Gasteiger partial charge in [0, 0.05) is 25.2 Å². The molecule has 1 aromatic rings. The number of rotatable bonds is 4. The monoisotopic (exact) mass is 355 g/mol. The van der Waals surface area contributed by atoms with Gasteiger partial charge in [-0.15, -0.1) is 0 Å². The van der Waals surface area contributed by atoms with E-state index in [2.05, 4.69) is 4.98 Å². The molecule has 0 aromatic carbocycles. The molecule has 0 bridgehead atoms. The molecule has 3 atom stereocenters. The minimum absolute atomic E-state index is 0.0360. The molecular weight excluding hydrogens is 330 g/mol. The van der Waals surface area contributed by atoms with Crippen molar-refractivity contribution in [3.63, 3.8) is 0 Å². The van der Waals surface area contributed by atoms with Gasteiger partial charge in [0.25, 0.3) is 10.0 Å². The molecule has 8 heteroatoms. The number of hydrogen-bond acceptors (Lipinski definition) is 4. The normalized spacial score (nSPS) is 28.2. The first-order valence-electron chi connectivity index (χ1n) is 8.53. The Morgan fingerprint density at radius 2 is 2.00 bits per heavy atom. The van der Waals surface area contributed by atoms with Crippen molar-refractivity contribution in [1.29, 1.82) is 0 Å². The highest BCUT2D eigenvalue weighted by atomic mass is 32.2. The molecule has 24 heavy (non-hydrogen) atoms. The van der Waals surface area contributed by atoms with Gasteiger partial charge in [-0.3, -0.25) is 4.79 Å². The summed E-state index contributed by atoms with van der Waals surface area (Å²) in [5.41, 5.74) is 0. The zero-order valence-electron chi connectivity index (χ0n) is 14.3. The van der Waals surface area contributed by atoms with Crippen LogP contribution in [0.2, 0.25) is 0 Å². The van der Waals surface area contributed by atoms with E-state index in [1.165, 1.54) is 10.5 Å². The number of carboxylic acid groups (broad SMARTS) is 1. The predicted molar refractivity (Wildman–Crippen MR) is 88.1 cm³/mol. The summed E-state index contributed by atoms with van der Waals surface area (Å²) in [6.45, 7) is 3.90. The molecule has 1 saturated heterocycles. The topological polar surface area (TPSA) is 92.5 Å². The van der Waals surface area contributed by atoms with E-state index in [1.807, 2.05) is 13.8 Å². The number of carboxylic acids is 1. The lowest BCUT2D eigenvalue weighted by molar-refractivity contribution is -0.141. The summed E-state index contributed by atoms with van der Waals surface area (Å²) in [7, 11) is -2.15. The summed E-state index contributed by atoms with van der Waals surface area (Å²) in [6, 6.07) is -1.19. The third kappa shape index (κ3) is 2.75. The summed E-state index contributed by atoms with van der Waals surface area (Å²) in [5.74, 6) is -0.147. The number of aryl methyl sites for hydroxylation is 1.